The average Bonchev–Trinajstić information content (AvgIpc) is 2.80. The number of rotatable bonds is 4. The van der Waals surface area contributed by atoms with E-state index in [1.807, 2.05) is 40.1 Å². The van der Waals surface area contributed by atoms with Crippen LogP contribution >= 0.6 is 0 Å². The maximum Gasteiger partial charge on any atom is 0.253 e. The predicted molar refractivity (Wildman–Crippen MR) is 98.4 cm³/mol. The van der Waals surface area contributed by atoms with Crippen molar-refractivity contribution < 1.29 is 14.4 Å². The standard InChI is InChI=1S/C20H27N3O3/c1-15(24)21-9-12-22-10-8-18-14-23(11-7-17(18)13-19(22)25)20(26)16-5-3-2-4-6-16/h2-6,17-18H,7-14H2,1H3,(H,21,24)/t17-,18-/m0/s1. The van der Waals surface area contributed by atoms with E-state index in [0.29, 0.717) is 44.4 Å². The van der Waals surface area contributed by atoms with Gasteiger partial charge in [-0.05, 0) is 36.8 Å². The molecule has 0 spiro atoms. The molecule has 1 aromatic rings. The summed E-state index contributed by atoms with van der Waals surface area (Å²) in [5.74, 6) is 0.906. The van der Waals surface area contributed by atoms with Crippen LogP contribution in [0.4, 0.5) is 0 Å². The zero-order chi connectivity index (χ0) is 18.5. The summed E-state index contributed by atoms with van der Waals surface area (Å²) in [4.78, 5) is 40.0. The molecular weight excluding hydrogens is 330 g/mol. The van der Waals surface area contributed by atoms with Gasteiger partial charge in [0.25, 0.3) is 5.91 Å². The minimum Gasteiger partial charge on any atom is -0.355 e. The Hall–Kier alpha value is -2.37. The van der Waals surface area contributed by atoms with Crippen LogP contribution in [0.5, 0.6) is 0 Å². The van der Waals surface area contributed by atoms with E-state index < -0.39 is 0 Å². The lowest BCUT2D eigenvalue weighted by molar-refractivity contribution is -0.132. The second-order valence-electron chi connectivity index (χ2n) is 7.28. The molecule has 0 aliphatic carbocycles. The molecule has 3 amide bonds. The van der Waals surface area contributed by atoms with Crippen LogP contribution in [0.15, 0.2) is 30.3 Å². The molecule has 2 fully saturated rings. The van der Waals surface area contributed by atoms with E-state index in [2.05, 4.69) is 5.32 Å². The van der Waals surface area contributed by atoms with Crippen LogP contribution in [-0.2, 0) is 9.59 Å². The minimum atomic E-state index is -0.0731. The molecule has 140 valence electrons. The highest BCUT2D eigenvalue weighted by atomic mass is 16.2. The van der Waals surface area contributed by atoms with Crippen LogP contribution in [0.2, 0.25) is 0 Å². The molecule has 2 aliphatic rings. The fraction of sp³-hybridized carbons (Fsp3) is 0.550. The van der Waals surface area contributed by atoms with E-state index in [-0.39, 0.29) is 17.7 Å². The molecule has 2 saturated heterocycles. The summed E-state index contributed by atoms with van der Waals surface area (Å²) >= 11 is 0. The van der Waals surface area contributed by atoms with Gasteiger partial charge in [-0.15, -0.1) is 0 Å². The maximum absolute atomic E-state index is 12.7. The normalized spacial score (nSPS) is 23.2. The van der Waals surface area contributed by atoms with Gasteiger partial charge in [0, 0.05) is 51.6 Å². The molecular formula is C20H27N3O3. The van der Waals surface area contributed by atoms with Gasteiger partial charge in [-0.3, -0.25) is 14.4 Å². The molecule has 1 N–H and O–H groups in total. The van der Waals surface area contributed by atoms with Crippen molar-refractivity contribution in [2.24, 2.45) is 11.8 Å². The monoisotopic (exact) mass is 357 g/mol. The van der Waals surface area contributed by atoms with Crippen molar-refractivity contribution in [3.63, 3.8) is 0 Å². The first-order valence-corrected chi connectivity index (χ1v) is 9.41. The average molecular weight is 357 g/mol. The van der Waals surface area contributed by atoms with Crippen molar-refractivity contribution in [1.29, 1.82) is 0 Å². The number of piperidine rings is 1. The molecule has 0 bridgehead atoms. The third-order valence-electron chi connectivity index (χ3n) is 5.51. The molecule has 1 aromatic carbocycles. The molecule has 0 aromatic heterocycles. The molecule has 0 unspecified atom stereocenters. The third kappa shape index (κ3) is 4.42. The summed E-state index contributed by atoms with van der Waals surface area (Å²) in [6.45, 7) is 4.68. The second-order valence-corrected chi connectivity index (χ2v) is 7.28. The van der Waals surface area contributed by atoms with Crippen LogP contribution in [0.1, 0.15) is 36.5 Å². The number of nitrogens with zero attached hydrogens (tertiary/aromatic N) is 2. The fourth-order valence-electron chi connectivity index (χ4n) is 4.03. The number of amides is 3. The Labute approximate surface area is 154 Å². The summed E-state index contributed by atoms with van der Waals surface area (Å²) < 4.78 is 0. The summed E-state index contributed by atoms with van der Waals surface area (Å²) in [6.07, 6.45) is 2.35. The largest absolute Gasteiger partial charge is 0.355 e. The summed E-state index contributed by atoms with van der Waals surface area (Å²) in [5, 5.41) is 2.75. The minimum absolute atomic E-state index is 0.0731. The van der Waals surface area contributed by atoms with E-state index in [4.69, 9.17) is 0 Å². The molecule has 26 heavy (non-hydrogen) atoms. The Morgan fingerprint density at radius 2 is 1.85 bits per heavy atom. The molecule has 6 heteroatoms. The number of fused-ring (bicyclic) bond motifs is 1. The van der Waals surface area contributed by atoms with Crippen molar-refractivity contribution in [2.45, 2.75) is 26.2 Å². The van der Waals surface area contributed by atoms with Gasteiger partial charge in [-0.25, -0.2) is 0 Å². The quantitative estimate of drug-likeness (QED) is 0.888. The summed E-state index contributed by atoms with van der Waals surface area (Å²) in [5.41, 5.74) is 0.729. The number of carbonyl (C=O) groups is 3. The highest BCUT2D eigenvalue weighted by Gasteiger charge is 2.36. The van der Waals surface area contributed by atoms with Gasteiger partial charge < -0.3 is 15.1 Å². The lowest BCUT2D eigenvalue weighted by Gasteiger charge is -2.37. The Morgan fingerprint density at radius 3 is 2.58 bits per heavy atom. The molecule has 0 radical (unpaired) electrons. The second kappa shape index (κ2) is 8.34. The first kappa shape index (κ1) is 18.4. The molecule has 3 rings (SSSR count). The number of hydrogen-bond donors (Lipinski definition) is 1. The Morgan fingerprint density at radius 1 is 1.12 bits per heavy atom. The van der Waals surface area contributed by atoms with Gasteiger partial charge in [0.1, 0.15) is 0 Å². The topological polar surface area (TPSA) is 69.7 Å². The summed E-state index contributed by atoms with van der Waals surface area (Å²) in [7, 11) is 0. The number of nitrogens with one attached hydrogen (secondary N) is 1. The molecule has 6 nitrogen and oxygen atoms in total. The lowest BCUT2D eigenvalue weighted by atomic mass is 9.82. The highest BCUT2D eigenvalue weighted by Crippen LogP contribution is 2.32. The number of carbonyl (C=O) groups excluding carboxylic acids is 3. The van der Waals surface area contributed by atoms with E-state index in [1.165, 1.54) is 6.92 Å². The molecule has 2 aliphatic heterocycles. The van der Waals surface area contributed by atoms with Crippen LogP contribution in [-0.4, -0.2) is 60.2 Å². The van der Waals surface area contributed by atoms with E-state index in [9.17, 15) is 14.4 Å². The smallest absolute Gasteiger partial charge is 0.253 e. The summed E-state index contributed by atoms with van der Waals surface area (Å²) in [6, 6.07) is 9.40. The van der Waals surface area contributed by atoms with E-state index in [1.54, 1.807) is 0 Å². The molecule has 2 atom stereocenters. The zero-order valence-electron chi connectivity index (χ0n) is 15.3. The van der Waals surface area contributed by atoms with Crippen molar-refractivity contribution in [3.8, 4) is 0 Å². The van der Waals surface area contributed by atoms with Gasteiger partial charge in [0.2, 0.25) is 11.8 Å². The Bertz CT molecular complexity index is 662. The van der Waals surface area contributed by atoms with Gasteiger partial charge >= 0.3 is 0 Å². The first-order chi connectivity index (χ1) is 12.5. The van der Waals surface area contributed by atoms with Gasteiger partial charge in [-0.2, -0.15) is 0 Å². The van der Waals surface area contributed by atoms with Gasteiger partial charge in [0.15, 0.2) is 0 Å². The van der Waals surface area contributed by atoms with Crippen LogP contribution in [0, 0.1) is 11.8 Å². The highest BCUT2D eigenvalue weighted by molar-refractivity contribution is 5.94. The molecule has 0 saturated carbocycles. The van der Waals surface area contributed by atoms with E-state index >= 15 is 0 Å². The van der Waals surface area contributed by atoms with E-state index in [0.717, 1.165) is 24.9 Å². The van der Waals surface area contributed by atoms with Gasteiger partial charge in [0.05, 0.1) is 0 Å². The maximum atomic E-state index is 12.7. The SMILES string of the molecule is CC(=O)NCCN1CC[C@H]2CN(C(=O)c3ccccc3)CC[C@H]2CC1=O. The van der Waals surface area contributed by atoms with Crippen LogP contribution in [0.25, 0.3) is 0 Å². The fourth-order valence-corrected chi connectivity index (χ4v) is 4.03. The molecule has 2 heterocycles. The Balaban J connectivity index is 1.58. The van der Waals surface area contributed by atoms with Crippen molar-refractivity contribution in [1.82, 2.24) is 15.1 Å². The van der Waals surface area contributed by atoms with Crippen molar-refractivity contribution in [2.75, 3.05) is 32.7 Å². The first-order valence-electron chi connectivity index (χ1n) is 9.41. The van der Waals surface area contributed by atoms with Crippen LogP contribution < -0.4 is 5.32 Å². The lowest BCUT2D eigenvalue weighted by Crippen LogP contribution is -2.43. The Kier molecular flexibility index (Phi) is 5.91. The third-order valence-corrected chi connectivity index (χ3v) is 5.51. The number of benzene rings is 1. The van der Waals surface area contributed by atoms with Crippen molar-refractivity contribution >= 4 is 17.7 Å². The number of hydrogen-bond acceptors (Lipinski definition) is 3. The zero-order valence-corrected chi connectivity index (χ0v) is 15.3. The van der Waals surface area contributed by atoms with Crippen molar-refractivity contribution in [3.05, 3.63) is 35.9 Å². The predicted octanol–water partition coefficient (Wildman–Crippen LogP) is 1.52. The van der Waals surface area contributed by atoms with Gasteiger partial charge in [-0.1, -0.05) is 18.2 Å². The van der Waals surface area contributed by atoms with Crippen LogP contribution in [0.3, 0.4) is 0 Å². The number of likely N-dealkylation sites (tertiary alicyclic amines) is 2.